The fraction of sp³-hybridized carbons (Fsp3) is 0.111. The maximum Gasteiger partial charge on any atom is 0.280 e. The van der Waals surface area contributed by atoms with E-state index in [0.717, 1.165) is 5.56 Å². The summed E-state index contributed by atoms with van der Waals surface area (Å²) < 4.78 is 0. The molecule has 0 bridgehead atoms. The van der Waals surface area contributed by atoms with Crippen LogP contribution >= 0.6 is 0 Å². The molecule has 0 fully saturated rings. The van der Waals surface area contributed by atoms with Crippen LogP contribution in [-0.4, -0.2) is 16.5 Å². The zero-order chi connectivity index (χ0) is 17.3. The number of nitro groups is 1. The van der Waals surface area contributed by atoms with Crippen molar-refractivity contribution in [2.75, 3.05) is 5.01 Å². The topological polar surface area (TPSA) is 75.8 Å². The zero-order valence-electron chi connectivity index (χ0n) is 13.3. The van der Waals surface area contributed by atoms with Gasteiger partial charge < -0.3 is 0 Å². The van der Waals surface area contributed by atoms with Crippen LogP contribution in [0.1, 0.15) is 18.1 Å². The van der Waals surface area contributed by atoms with Crippen molar-refractivity contribution < 1.29 is 9.72 Å². The lowest BCUT2D eigenvalue weighted by molar-refractivity contribution is -0.385. The minimum atomic E-state index is -0.462. The normalized spacial score (nSPS) is 15.8. The largest absolute Gasteiger partial charge is 0.280 e. The van der Waals surface area contributed by atoms with Gasteiger partial charge in [-0.3, -0.25) is 14.9 Å². The number of amides is 1. The van der Waals surface area contributed by atoms with Gasteiger partial charge in [0.1, 0.15) is 0 Å². The Balaban J connectivity index is 1.99. The van der Waals surface area contributed by atoms with Gasteiger partial charge in [-0.2, -0.15) is 10.1 Å². The Morgan fingerprint density at radius 1 is 1.08 bits per heavy atom. The summed E-state index contributed by atoms with van der Waals surface area (Å²) in [4.78, 5) is 23.3. The predicted molar refractivity (Wildman–Crippen MR) is 92.8 cm³/mol. The van der Waals surface area contributed by atoms with Gasteiger partial charge in [0.25, 0.3) is 11.6 Å². The van der Waals surface area contributed by atoms with Crippen LogP contribution in [0.5, 0.6) is 0 Å². The van der Waals surface area contributed by atoms with Crippen molar-refractivity contribution in [2.24, 2.45) is 5.10 Å². The van der Waals surface area contributed by atoms with E-state index < -0.39 is 4.92 Å². The average molecular weight is 321 g/mol. The number of rotatable bonds is 3. The van der Waals surface area contributed by atoms with E-state index in [1.165, 1.54) is 17.2 Å². The third-order valence-corrected chi connectivity index (χ3v) is 3.77. The number of anilines is 1. The molecule has 1 amide bonds. The van der Waals surface area contributed by atoms with E-state index in [9.17, 15) is 14.9 Å². The smallest absolute Gasteiger partial charge is 0.267 e. The summed E-state index contributed by atoms with van der Waals surface area (Å²) in [5.41, 5.74) is 2.96. The first-order valence-electron chi connectivity index (χ1n) is 7.39. The molecule has 0 unspecified atom stereocenters. The van der Waals surface area contributed by atoms with Gasteiger partial charge >= 0.3 is 0 Å². The molecule has 6 nitrogen and oxygen atoms in total. The Kier molecular flexibility index (Phi) is 3.95. The number of hydrogen-bond acceptors (Lipinski definition) is 4. The molecule has 120 valence electrons. The highest BCUT2D eigenvalue weighted by molar-refractivity contribution is 6.32. The highest BCUT2D eigenvalue weighted by Gasteiger charge is 2.29. The van der Waals surface area contributed by atoms with E-state index in [1.54, 1.807) is 25.1 Å². The molecule has 6 heteroatoms. The van der Waals surface area contributed by atoms with Crippen LogP contribution in [0.4, 0.5) is 11.4 Å². The van der Waals surface area contributed by atoms with Crippen molar-refractivity contribution in [3.05, 3.63) is 75.3 Å². The molecular formula is C18H15N3O3. The number of carbonyl (C=O) groups excluding carboxylic acids is 1. The maximum atomic E-state index is 12.7. The van der Waals surface area contributed by atoms with Crippen LogP contribution in [0.15, 0.2) is 59.2 Å². The number of benzene rings is 2. The SMILES string of the molecule is CC1=NN(c2ccc(C)cc2)C(=O)/C1=C/c1ccccc1[N+](=O)[O-]. The molecule has 0 N–H and O–H groups in total. The third-order valence-electron chi connectivity index (χ3n) is 3.77. The van der Waals surface area contributed by atoms with Crippen LogP contribution in [0.2, 0.25) is 0 Å². The second-order valence-electron chi connectivity index (χ2n) is 5.51. The number of nitro benzene ring substituents is 1. The van der Waals surface area contributed by atoms with Gasteiger partial charge in [0, 0.05) is 6.07 Å². The molecule has 0 aromatic heterocycles. The lowest BCUT2D eigenvalue weighted by atomic mass is 10.1. The summed E-state index contributed by atoms with van der Waals surface area (Å²) in [6, 6.07) is 13.7. The highest BCUT2D eigenvalue weighted by Crippen LogP contribution is 2.27. The zero-order valence-corrected chi connectivity index (χ0v) is 13.3. The molecule has 0 atom stereocenters. The number of hydrogen-bond donors (Lipinski definition) is 0. The predicted octanol–water partition coefficient (Wildman–Crippen LogP) is 3.71. The molecule has 0 saturated carbocycles. The second-order valence-corrected chi connectivity index (χ2v) is 5.51. The molecule has 24 heavy (non-hydrogen) atoms. The molecule has 0 saturated heterocycles. The fourth-order valence-corrected chi connectivity index (χ4v) is 2.48. The minimum absolute atomic E-state index is 0.0422. The first kappa shape index (κ1) is 15.6. The molecule has 2 aromatic carbocycles. The van der Waals surface area contributed by atoms with Crippen molar-refractivity contribution in [2.45, 2.75) is 13.8 Å². The van der Waals surface area contributed by atoms with E-state index in [4.69, 9.17) is 0 Å². The van der Waals surface area contributed by atoms with Gasteiger partial charge in [0.15, 0.2) is 0 Å². The lowest BCUT2D eigenvalue weighted by Gasteiger charge is -2.11. The number of nitrogens with zero attached hydrogens (tertiary/aromatic N) is 3. The summed E-state index contributed by atoms with van der Waals surface area (Å²) >= 11 is 0. The average Bonchev–Trinajstić information content (AvgIpc) is 2.84. The van der Waals surface area contributed by atoms with Crippen LogP contribution in [0.25, 0.3) is 6.08 Å². The summed E-state index contributed by atoms with van der Waals surface area (Å²) in [6.45, 7) is 3.68. The molecule has 1 heterocycles. The molecule has 2 aromatic rings. The number of aryl methyl sites for hydroxylation is 1. The van der Waals surface area contributed by atoms with Crippen LogP contribution < -0.4 is 5.01 Å². The van der Waals surface area contributed by atoms with Crippen molar-refractivity contribution in [1.82, 2.24) is 0 Å². The van der Waals surface area contributed by atoms with E-state index in [0.29, 0.717) is 22.5 Å². The Hall–Kier alpha value is -3.28. The molecule has 0 spiro atoms. The summed E-state index contributed by atoms with van der Waals surface area (Å²) in [6.07, 6.45) is 1.52. The fourth-order valence-electron chi connectivity index (χ4n) is 2.48. The Bertz CT molecular complexity index is 883. The highest BCUT2D eigenvalue weighted by atomic mass is 16.6. The van der Waals surface area contributed by atoms with Gasteiger partial charge in [-0.1, -0.05) is 29.8 Å². The number of para-hydroxylation sites is 1. The summed E-state index contributed by atoms with van der Waals surface area (Å²) in [7, 11) is 0. The Morgan fingerprint density at radius 2 is 1.75 bits per heavy atom. The first-order chi connectivity index (χ1) is 11.5. The van der Waals surface area contributed by atoms with Gasteiger partial charge in [0.2, 0.25) is 0 Å². The standard InChI is InChI=1S/C18H15N3O3/c1-12-7-9-15(10-8-12)20-18(22)16(13(2)19-20)11-14-5-3-4-6-17(14)21(23)24/h3-11H,1-2H3/b16-11+. The van der Waals surface area contributed by atoms with E-state index >= 15 is 0 Å². The molecule has 1 aliphatic rings. The number of hydrazone groups is 1. The molecule has 1 aliphatic heterocycles. The monoisotopic (exact) mass is 321 g/mol. The van der Waals surface area contributed by atoms with E-state index in [-0.39, 0.29) is 11.6 Å². The second kappa shape index (κ2) is 6.08. The van der Waals surface area contributed by atoms with Crippen molar-refractivity contribution in [1.29, 1.82) is 0 Å². The van der Waals surface area contributed by atoms with Crippen LogP contribution in [-0.2, 0) is 4.79 Å². The van der Waals surface area contributed by atoms with Crippen molar-refractivity contribution in [3.8, 4) is 0 Å². The number of carbonyl (C=O) groups is 1. The molecule has 0 radical (unpaired) electrons. The lowest BCUT2D eigenvalue weighted by Crippen LogP contribution is -2.21. The molecule has 0 aliphatic carbocycles. The van der Waals surface area contributed by atoms with Gasteiger partial charge in [-0.05, 0) is 38.1 Å². The minimum Gasteiger partial charge on any atom is -0.267 e. The molecule has 3 rings (SSSR count). The maximum absolute atomic E-state index is 12.7. The molecular weight excluding hydrogens is 306 g/mol. The Labute approximate surface area is 138 Å². The van der Waals surface area contributed by atoms with E-state index in [2.05, 4.69) is 5.10 Å². The third kappa shape index (κ3) is 2.81. The summed E-state index contributed by atoms with van der Waals surface area (Å²) in [5.74, 6) is -0.297. The van der Waals surface area contributed by atoms with Crippen LogP contribution in [0, 0.1) is 17.0 Å². The van der Waals surface area contributed by atoms with Crippen LogP contribution in [0.3, 0.4) is 0 Å². The van der Waals surface area contributed by atoms with E-state index in [1.807, 2.05) is 31.2 Å². The quantitative estimate of drug-likeness (QED) is 0.491. The first-order valence-corrected chi connectivity index (χ1v) is 7.39. The van der Waals surface area contributed by atoms with Gasteiger partial charge in [0.05, 0.1) is 27.5 Å². The van der Waals surface area contributed by atoms with Gasteiger partial charge in [-0.15, -0.1) is 0 Å². The van der Waals surface area contributed by atoms with Crippen molar-refractivity contribution in [3.63, 3.8) is 0 Å². The van der Waals surface area contributed by atoms with Crippen molar-refractivity contribution >= 4 is 29.1 Å². The van der Waals surface area contributed by atoms with Gasteiger partial charge in [-0.25, -0.2) is 0 Å². The Morgan fingerprint density at radius 3 is 2.42 bits per heavy atom. The summed E-state index contributed by atoms with van der Waals surface area (Å²) in [5, 5.41) is 16.7.